The molecule has 0 spiro atoms. The van der Waals surface area contributed by atoms with Gasteiger partial charge in [0.05, 0.1) is 49.5 Å². The Balaban J connectivity index is 1.59. The number of fused-ring (bicyclic) bond motifs is 1. The summed E-state index contributed by atoms with van der Waals surface area (Å²) in [6, 6.07) is 11.8. The highest BCUT2D eigenvalue weighted by molar-refractivity contribution is 5.82. The molecule has 2 N–H and O–H groups in total. The second-order valence-corrected chi connectivity index (χ2v) is 7.77. The number of nitrogens with one attached hydrogen (secondary N) is 2. The third-order valence-electron chi connectivity index (χ3n) is 5.57. The Hall–Kier alpha value is -4.11. The van der Waals surface area contributed by atoms with Gasteiger partial charge in [-0.1, -0.05) is 0 Å². The number of pyridine rings is 2. The average molecular weight is 444 g/mol. The maximum absolute atomic E-state index is 5.50. The molecule has 0 saturated carbocycles. The second-order valence-electron chi connectivity index (χ2n) is 7.77. The molecule has 0 atom stereocenters. The number of methoxy groups -OCH3 is 2. The molecule has 0 fully saturated rings. The lowest BCUT2D eigenvalue weighted by Gasteiger charge is -2.24. The average Bonchev–Trinajstić information content (AvgIpc) is 3.53. The number of anilines is 2. The molecule has 0 bridgehead atoms. The van der Waals surface area contributed by atoms with Gasteiger partial charge in [-0.3, -0.25) is 4.98 Å². The van der Waals surface area contributed by atoms with Crippen LogP contribution in [0.4, 0.5) is 11.5 Å². The van der Waals surface area contributed by atoms with Gasteiger partial charge in [-0.2, -0.15) is 0 Å². The molecular weight excluding hydrogens is 418 g/mol. The molecule has 0 saturated heterocycles. The van der Waals surface area contributed by atoms with E-state index >= 15 is 0 Å². The van der Waals surface area contributed by atoms with Crippen molar-refractivity contribution in [3.63, 3.8) is 0 Å². The zero-order chi connectivity index (χ0) is 22.8. The predicted octanol–water partition coefficient (Wildman–Crippen LogP) is 3.50. The summed E-state index contributed by atoms with van der Waals surface area (Å²) in [6.07, 6.45) is 7.44. The fraction of sp³-hybridized carbons (Fsp3) is 0.208. The summed E-state index contributed by atoms with van der Waals surface area (Å²) in [5, 5.41) is 1.95. The third-order valence-corrected chi connectivity index (χ3v) is 5.57. The van der Waals surface area contributed by atoms with Gasteiger partial charge in [0, 0.05) is 55.9 Å². The smallest absolute Gasteiger partial charge is 0.134 e. The van der Waals surface area contributed by atoms with Gasteiger partial charge in [-0.05, 0) is 23.8 Å². The van der Waals surface area contributed by atoms with E-state index in [1.165, 1.54) is 5.57 Å². The van der Waals surface area contributed by atoms with Crippen molar-refractivity contribution in [1.82, 2.24) is 30.4 Å². The minimum Gasteiger partial charge on any atom is -0.497 e. The van der Waals surface area contributed by atoms with Gasteiger partial charge in [0.25, 0.3) is 0 Å². The highest BCUT2D eigenvalue weighted by atomic mass is 16.5. The summed E-state index contributed by atoms with van der Waals surface area (Å²) in [5.41, 5.74) is 8.99. The number of benzene rings is 1. The Kier molecular flexibility index (Phi) is 5.54. The fourth-order valence-electron chi connectivity index (χ4n) is 3.83. The number of aromatic nitrogens is 4. The van der Waals surface area contributed by atoms with Crippen LogP contribution in [0.3, 0.4) is 0 Å². The summed E-state index contributed by atoms with van der Waals surface area (Å²) in [5.74, 6) is 2.18. The van der Waals surface area contributed by atoms with Crippen molar-refractivity contribution in [2.24, 2.45) is 0 Å². The fourth-order valence-corrected chi connectivity index (χ4v) is 3.83. The van der Waals surface area contributed by atoms with Crippen LogP contribution in [0, 0.1) is 0 Å². The molecule has 0 unspecified atom stereocenters. The van der Waals surface area contributed by atoms with Crippen LogP contribution in [0.15, 0.2) is 61.3 Å². The Morgan fingerprint density at radius 2 is 1.85 bits per heavy atom. The molecule has 33 heavy (non-hydrogen) atoms. The van der Waals surface area contributed by atoms with Crippen molar-refractivity contribution in [2.75, 3.05) is 32.7 Å². The first-order valence-corrected chi connectivity index (χ1v) is 10.5. The molecule has 0 amide bonds. The number of hydrazine groups is 1. The third kappa shape index (κ3) is 4.31. The molecule has 9 nitrogen and oxygen atoms in total. The quantitative estimate of drug-likeness (QED) is 0.449. The van der Waals surface area contributed by atoms with Crippen LogP contribution in [-0.2, 0) is 6.54 Å². The Bertz CT molecular complexity index is 1280. The van der Waals surface area contributed by atoms with E-state index in [0.29, 0.717) is 18.0 Å². The summed E-state index contributed by atoms with van der Waals surface area (Å²) >= 11 is 0. The van der Waals surface area contributed by atoms with E-state index in [0.717, 1.165) is 40.3 Å². The molecular formula is C24H25N7O2. The van der Waals surface area contributed by atoms with Crippen LogP contribution >= 0.6 is 0 Å². The van der Waals surface area contributed by atoms with Gasteiger partial charge >= 0.3 is 0 Å². The maximum atomic E-state index is 5.50. The number of nitrogens with zero attached hydrogens (tertiary/aromatic N) is 5. The summed E-state index contributed by atoms with van der Waals surface area (Å²) in [6.45, 7) is 1.31. The SMILES string of the molecule is COc1cc(OC)cc(N(Cc2cnc[nH]2)c2ccc3ncc(C4=CN(C)NC4)cc3n2)c1. The minimum atomic E-state index is 0.543. The van der Waals surface area contributed by atoms with E-state index in [1.807, 2.05) is 48.6 Å². The molecule has 4 aromatic rings. The maximum Gasteiger partial charge on any atom is 0.134 e. The summed E-state index contributed by atoms with van der Waals surface area (Å²) < 4.78 is 11.0. The van der Waals surface area contributed by atoms with Crippen LogP contribution < -0.4 is 19.8 Å². The standard InChI is InChI=1S/C24H25N7O2/c1-30-13-17(11-28-30)16-6-23-22(26-10-16)4-5-24(29-23)31(14-18-12-25-15-27-18)19-7-20(32-2)9-21(8-19)33-3/h4-10,12-13,15,28H,11,14H2,1-3H3,(H,25,27). The highest BCUT2D eigenvalue weighted by Gasteiger charge is 2.17. The molecule has 1 aliphatic rings. The first-order valence-electron chi connectivity index (χ1n) is 10.5. The van der Waals surface area contributed by atoms with Crippen LogP contribution in [-0.4, -0.2) is 52.8 Å². The minimum absolute atomic E-state index is 0.543. The number of hydrogen-bond donors (Lipinski definition) is 2. The molecule has 9 heteroatoms. The molecule has 4 heterocycles. The number of hydrogen-bond acceptors (Lipinski definition) is 8. The number of aromatic amines is 1. The first kappa shape index (κ1) is 20.8. The van der Waals surface area contributed by atoms with Crippen LogP contribution in [0.2, 0.25) is 0 Å². The highest BCUT2D eigenvalue weighted by Crippen LogP contribution is 2.34. The lowest BCUT2D eigenvalue weighted by atomic mass is 10.1. The molecule has 3 aromatic heterocycles. The Labute approximate surface area is 191 Å². The van der Waals surface area contributed by atoms with E-state index in [9.17, 15) is 0 Å². The normalized spacial score (nSPS) is 13.3. The van der Waals surface area contributed by atoms with Crippen LogP contribution in [0.25, 0.3) is 16.6 Å². The van der Waals surface area contributed by atoms with E-state index in [2.05, 4.69) is 37.5 Å². The molecule has 5 rings (SSSR count). The largest absolute Gasteiger partial charge is 0.497 e. The first-order chi connectivity index (χ1) is 16.1. The molecule has 168 valence electrons. The van der Waals surface area contributed by atoms with E-state index in [1.54, 1.807) is 26.7 Å². The van der Waals surface area contributed by atoms with E-state index < -0.39 is 0 Å². The van der Waals surface area contributed by atoms with Crippen molar-refractivity contribution in [3.8, 4) is 11.5 Å². The van der Waals surface area contributed by atoms with E-state index in [4.69, 9.17) is 14.5 Å². The molecule has 0 radical (unpaired) electrons. The van der Waals surface area contributed by atoms with Gasteiger partial charge in [0.1, 0.15) is 17.3 Å². The van der Waals surface area contributed by atoms with Crippen molar-refractivity contribution in [1.29, 1.82) is 0 Å². The number of imidazole rings is 1. The second kappa shape index (κ2) is 8.79. The van der Waals surface area contributed by atoms with Gasteiger partial charge in [0.15, 0.2) is 0 Å². The topological polar surface area (TPSA) is 91.4 Å². The van der Waals surface area contributed by atoms with Gasteiger partial charge in [0.2, 0.25) is 0 Å². The molecule has 0 aliphatic carbocycles. The van der Waals surface area contributed by atoms with Gasteiger partial charge in [-0.25, -0.2) is 15.4 Å². The van der Waals surface area contributed by atoms with Crippen LogP contribution in [0.5, 0.6) is 11.5 Å². The molecule has 1 aliphatic heterocycles. The number of rotatable bonds is 7. The lowest BCUT2D eigenvalue weighted by Crippen LogP contribution is -2.23. The molecule has 1 aromatic carbocycles. The van der Waals surface area contributed by atoms with Crippen LogP contribution in [0.1, 0.15) is 11.3 Å². The Morgan fingerprint density at radius 3 is 2.52 bits per heavy atom. The Morgan fingerprint density at radius 1 is 1.03 bits per heavy atom. The van der Waals surface area contributed by atoms with Crippen molar-refractivity contribution >= 4 is 28.1 Å². The van der Waals surface area contributed by atoms with Crippen molar-refractivity contribution < 1.29 is 9.47 Å². The van der Waals surface area contributed by atoms with Crippen molar-refractivity contribution in [2.45, 2.75) is 6.54 Å². The number of ether oxygens (including phenoxy) is 2. The predicted molar refractivity (Wildman–Crippen MR) is 127 cm³/mol. The zero-order valence-electron chi connectivity index (χ0n) is 18.7. The monoisotopic (exact) mass is 443 g/mol. The van der Waals surface area contributed by atoms with Crippen molar-refractivity contribution in [3.05, 3.63) is 72.6 Å². The zero-order valence-corrected chi connectivity index (χ0v) is 18.7. The summed E-state index contributed by atoms with van der Waals surface area (Å²) in [4.78, 5) is 19.0. The lowest BCUT2D eigenvalue weighted by molar-refractivity contribution is 0.374. The van der Waals surface area contributed by atoms with Gasteiger partial charge in [-0.15, -0.1) is 0 Å². The van der Waals surface area contributed by atoms with Gasteiger partial charge < -0.3 is 24.4 Å². The summed E-state index contributed by atoms with van der Waals surface area (Å²) in [7, 11) is 5.26. The number of H-pyrrole nitrogens is 1. The van der Waals surface area contributed by atoms with E-state index in [-0.39, 0.29) is 0 Å².